The van der Waals surface area contributed by atoms with Gasteiger partial charge in [-0.3, -0.25) is 0 Å². The number of nitrogens with one attached hydrogen (secondary N) is 1. The van der Waals surface area contributed by atoms with Crippen LogP contribution in [0, 0.1) is 6.92 Å². The first-order valence-corrected chi connectivity index (χ1v) is 8.16. The van der Waals surface area contributed by atoms with Crippen molar-refractivity contribution in [3.63, 3.8) is 0 Å². The predicted octanol–water partition coefficient (Wildman–Crippen LogP) is 4.58. The number of aryl methyl sites for hydroxylation is 1. The monoisotopic (exact) mass is 301 g/mol. The van der Waals surface area contributed by atoms with Crippen LogP contribution in [0.3, 0.4) is 0 Å². The summed E-state index contributed by atoms with van der Waals surface area (Å²) in [6.07, 6.45) is 0. The Morgan fingerprint density at radius 2 is 2.00 bits per heavy atom. The lowest BCUT2D eigenvalue weighted by Crippen LogP contribution is -2.11. The van der Waals surface area contributed by atoms with Crippen LogP contribution in [0.1, 0.15) is 29.7 Å². The maximum atomic E-state index is 5.44. The van der Waals surface area contributed by atoms with E-state index in [2.05, 4.69) is 55.6 Å². The van der Waals surface area contributed by atoms with Gasteiger partial charge in [-0.25, -0.2) is 0 Å². The average molecular weight is 301 g/mol. The van der Waals surface area contributed by atoms with E-state index in [0.29, 0.717) is 6.04 Å². The van der Waals surface area contributed by atoms with Gasteiger partial charge < -0.3 is 10.1 Å². The zero-order valence-corrected chi connectivity index (χ0v) is 14.0. The number of hydrogen-bond donors (Lipinski definition) is 1. The summed E-state index contributed by atoms with van der Waals surface area (Å²) < 4.78 is 5.44. The molecule has 2 nitrogen and oxygen atoms in total. The van der Waals surface area contributed by atoms with E-state index in [1.807, 2.05) is 24.9 Å². The molecule has 1 N–H and O–H groups in total. The van der Waals surface area contributed by atoms with Gasteiger partial charge in [-0.05, 0) is 44.7 Å². The molecule has 2 aromatic carbocycles. The number of rotatable bonds is 6. The van der Waals surface area contributed by atoms with Crippen LogP contribution >= 0.6 is 11.8 Å². The third-order valence-corrected chi connectivity index (χ3v) is 4.66. The molecule has 0 aliphatic heterocycles. The van der Waals surface area contributed by atoms with Gasteiger partial charge in [-0.1, -0.05) is 29.8 Å². The molecule has 0 aliphatic carbocycles. The lowest BCUT2D eigenvalue weighted by atomic mass is 10.1. The summed E-state index contributed by atoms with van der Waals surface area (Å²) in [6.45, 7) is 4.29. The van der Waals surface area contributed by atoms with E-state index in [9.17, 15) is 0 Å². The fourth-order valence-corrected chi connectivity index (χ4v) is 3.16. The second-order valence-electron chi connectivity index (χ2n) is 5.19. The van der Waals surface area contributed by atoms with E-state index in [-0.39, 0.29) is 0 Å². The van der Waals surface area contributed by atoms with Crippen molar-refractivity contribution in [1.82, 2.24) is 5.32 Å². The quantitative estimate of drug-likeness (QED) is 0.789. The Kier molecular flexibility index (Phi) is 5.71. The second kappa shape index (κ2) is 7.53. The molecule has 0 aromatic heterocycles. The van der Waals surface area contributed by atoms with Crippen molar-refractivity contribution in [2.24, 2.45) is 0 Å². The van der Waals surface area contributed by atoms with Crippen LogP contribution in [0.25, 0.3) is 0 Å². The first-order chi connectivity index (χ1) is 10.1. The largest absolute Gasteiger partial charge is 0.496 e. The van der Waals surface area contributed by atoms with Crippen molar-refractivity contribution < 1.29 is 4.74 Å². The van der Waals surface area contributed by atoms with Crippen molar-refractivity contribution in [3.8, 4) is 5.75 Å². The minimum Gasteiger partial charge on any atom is -0.496 e. The molecule has 2 rings (SSSR count). The predicted molar refractivity (Wildman–Crippen MR) is 91.2 cm³/mol. The Balaban J connectivity index is 2.11. The Morgan fingerprint density at radius 1 is 1.19 bits per heavy atom. The van der Waals surface area contributed by atoms with E-state index in [1.54, 1.807) is 7.11 Å². The van der Waals surface area contributed by atoms with Gasteiger partial charge in [0, 0.05) is 22.3 Å². The Morgan fingerprint density at radius 3 is 2.71 bits per heavy atom. The van der Waals surface area contributed by atoms with Crippen LogP contribution < -0.4 is 10.1 Å². The van der Waals surface area contributed by atoms with Crippen molar-refractivity contribution in [2.75, 3.05) is 14.2 Å². The van der Waals surface area contributed by atoms with E-state index in [0.717, 1.165) is 11.5 Å². The van der Waals surface area contributed by atoms with Crippen molar-refractivity contribution in [1.29, 1.82) is 0 Å². The van der Waals surface area contributed by atoms with Crippen LogP contribution in [-0.2, 0) is 5.75 Å². The highest BCUT2D eigenvalue weighted by molar-refractivity contribution is 7.98. The summed E-state index contributed by atoms with van der Waals surface area (Å²) in [6, 6.07) is 15.4. The van der Waals surface area contributed by atoms with E-state index >= 15 is 0 Å². The molecule has 0 heterocycles. The average Bonchev–Trinajstić information content (AvgIpc) is 2.52. The molecule has 0 aliphatic rings. The number of ether oxygens (including phenoxy) is 1. The summed E-state index contributed by atoms with van der Waals surface area (Å²) in [5, 5.41) is 3.28. The molecular weight excluding hydrogens is 278 g/mol. The van der Waals surface area contributed by atoms with Gasteiger partial charge in [0.1, 0.15) is 5.75 Å². The normalized spacial score (nSPS) is 12.2. The molecule has 0 saturated carbocycles. The number of methoxy groups -OCH3 is 1. The number of benzene rings is 2. The van der Waals surface area contributed by atoms with Crippen molar-refractivity contribution >= 4 is 11.8 Å². The molecule has 0 bridgehead atoms. The van der Waals surface area contributed by atoms with Gasteiger partial charge in [-0.2, -0.15) is 0 Å². The SMILES string of the molecule is CNC(C)c1cccc(SCc2cc(C)ccc2OC)c1. The van der Waals surface area contributed by atoms with Crippen LogP contribution in [-0.4, -0.2) is 14.2 Å². The third-order valence-electron chi connectivity index (χ3n) is 3.62. The highest BCUT2D eigenvalue weighted by Crippen LogP contribution is 2.30. The van der Waals surface area contributed by atoms with Gasteiger partial charge in [-0.15, -0.1) is 11.8 Å². The van der Waals surface area contributed by atoms with Crippen LogP contribution in [0.4, 0.5) is 0 Å². The third kappa shape index (κ3) is 4.26. The molecule has 2 aromatic rings. The summed E-state index contributed by atoms with van der Waals surface area (Å²) in [5.74, 6) is 1.88. The van der Waals surface area contributed by atoms with Crippen LogP contribution in [0.15, 0.2) is 47.4 Å². The first-order valence-electron chi connectivity index (χ1n) is 7.17. The summed E-state index contributed by atoms with van der Waals surface area (Å²) in [5.41, 5.74) is 3.83. The molecule has 1 unspecified atom stereocenters. The fourth-order valence-electron chi connectivity index (χ4n) is 2.22. The minimum absolute atomic E-state index is 0.374. The highest BCUT2D eigenvalue weighted by atomic mass is 32.2. The van der Waals surface area contributed by atoms with Gasteiger partial charge in [0.25, 0.3) is 0 Å². The minimum atomic E-state index is 0.374. The standard InChI is InChI=1S/C18H23NOS/c1-13-8-9-18(20-4)16(10-13)12-21-17-7-5-6-15(11-17)14(2)19-3/h5-11,14,19H,12H2,1-4H3. The molecule has 0 saturated heterocycles. The number of hydrogen-bond acceptors (Lipinski definition) is 3. The van der Waals surface area contributed by atoms with Crippen LogP contribution in [0.2, 0.25) is 0 Å². The molecule has 0 spiro atoms. The summed E-state index contributed by atoms with van der Waals surface area (Å²) in [7, 11) is 3.72. The van der Waals surface area contributed by atoms with Gasteiger partial charge in [0.2, 0.25) is 0 Å². The van der Waals surface area contributed by atoms with Crippen molar-refractivity contribution in [3.05, 3.63) is 59.2 Å². The molecule has 1 atom stereocenters. The Labute approximate surface area is 131 Å². The van der Waals surface area contributed by atoms with Gasteiger partial charge >= 0.3 is 0 Å². The van der Waals surface area contributed by atoms with Gasteiger partial charge in [0.05, 0.1) is 7.11 Å². The second-order valence-corrected chi connectivity index (χ2v) is 6.24. The van der Waals surface area contributed by atoms with Gasteiger partial charge in [0.15, 0.2) is 0 Å². The topological polar surface area (TPSA) is 21.3 Å². The zero-order chi connectivity index (χ0) is 15.2. The molecule has 21 heavy (non-hydrogen) atoms. The summed E-state index contributed by atoms with van der Waals surface area (Å²) >= 11 is 1.85. The molecule has 0 radical (unpaired) electrons. The van der Waals surface area contributed by atoms with Crippen LogP contribution in [0.5, 0.6) is 5.75 Å². The summed E-state index contributed by atoms with van der Waals surface area (Å²) in [4.78, 5) is 1.29. The molecule has 0 fully saturated rings. The molecule has 3 heteroatoms. The molecule has 0 amide bonds. The molecule has 112 valence electrons. The van der Waals surface area contributed by atoms with E-state index in [1.165, 1.54) is 21.6 Å². The maximum absolute atomic E-state index is 5.44. The fraction of sp³-hybridized carbons (Fsp3) is 0.333. The lowest BCUT2D eigenvalue weighted by Gasteiger charge is -2.13. The van der Waals surface area contributed by atoms with E-state index < -0.39 is 0 Å². The first kappa shape index (κ1) is 15.9. The Bertz CT molecular complexity index is 598. The highest BCUT2D eigenvalue weighted by Gasteiger charge is 2.06. The van der Waals surface area contributed by atoms with Crippen molar-refractivity contribution in [2.45, 2.75) is 30.5 Å². The lowest BCUT2D eigenvalue weighted by molar-refractivity contribution is 0.411. The zero-order valence-electron chi connectivity index (χ0n) is 13.1. The molecular formula is C18H23NOS. The maximum Gasteiger partial charge on any atom is 0.122 e. The Hall–Kier alpha value is -1.45. The van der Waals surface area contributed by atoms with E-state index in [4.69, 9.17) is 4.74 Å². The number of thioether (sulfide) groups is 1. The smallest absolute Gasteiger partial charge is 0.122 e.